The zero-order valence-electron chi connectivity index (χ0n) is 16.3. The zero-order valence-corrected chi connectivity index (χ0v) is 17.1. The summed E-state index contributed by atoms with van der Waals surface area (Å²) in [6.07, 6.45) is -0.0537. The number of thioether (sulfide) groups is 1. The van der Waals surface area contributed by atoms with Gasteiger partial charge >= 0.3 is 0 Å². The van der Waals surface area contributed by atoms with Gasteiger partial charge in [-0.25, -0.2) is 18.8 Å². The molecule has 0 bridgehead atoms. The van der Waals surface area contributed by atoms with Gasteiger partial charge in [-0.2, -0.15) is 0 Å². The second kappa shape index (κ2) is 7.75. The molecule has 3 unspecified atom stereocenters. The lowest BCUT2D eigenvalue weighted by Gasteiger charge is -2.37. The first-order valence-corrected chi connectivity index (χ1v) is 10.2. The molecule has 1 aromatic heterocycles. The fourth-order valence-electron chi connectivity index (χ4n) is 3.49. The molecule has 3 N–H and O–H groups in total. The summed E-state index contributed by atoms with van der Waals surface area (Å²) in [6, 6.07) is 5.40. The molecule has 158 valence electrons. The molecule has 4 rings (SSSR count). The van der Waals surface area contributed by atoms with E-state index in [2.05, 4.69) is 15.3 Å². The first-order chi connectivity index (χ1) is 14.3. The summed E-state index contributed by atoms with van der Waals surface area (Å²) < 4.78 is 40.5. The second-order valence-corrected chi connectivity index (χ2v) is 8.58. The highest BCUT2D eigenvalue weighted by atomic mass is 32.2. The van der Waals surface area contributed by atoms with Gasteiger partial charge in [-0.15, -0.1) is 0 Å². The van der Waals surface area contributed by atoms with E-state index in [1.807, 2.05) is 0 Å². The van der Waals surface area contributed by atoms with Crippen LogP contribution in [0, 0.1) is 5.82 Å². The van der Waals surface area contributed by atoms with Crippen molar-refractivity contribution in [2.75, 3.05) is 18.5 Å². The predicted molar refractivity (Wildman–Crippen MR) is 111 cm³/mol. The van der Waals surface area contributed by atoms with Crippen molar-refractivity contribution < 1.29 is 23.0 Å². The van der Waals surface area contributed by atoms with E-state index in [9.17, 15) is 9.18 Å². The highest BCUT2D eigenvalue weighted by Gasteiger charge is 2.45. The van der Waals surface area contributed by atoms with Crippen molar-refractivity contribution >= 4 is 28.5 Å². The molecule has 1 aromatic carbocycles. The zero-order chi connectivity index (χ0) is 21.5. The van der Waals surface area contributed by atoms with Crippen LogP contribution in [0.15, 0.2) is 35.5 Å². The van der Waals surface area contributed by atoms with Crippen LogP contribution in [0.1, 0.15) is 29.9 Å². The molecule has 2 aliphatic heterocycles. The number of halogens is 2. The third-order valence-corrected chi connectivity index (χ3v) is 5.97. The largest absolute Gasteiger partial charge is 0.486 e. The van der Waals surface area contributed by atoms with Crippen LogP contribution in [-0.4, -0.2) is 40.7 Å². The average Bonchev–Trinajstić information content (AvgIpc) is 2.72. The molecular formula is C20H20F2N4O3S. The summed E-state index contributed by atoms with van der Waals surface area (Å²) in [5.41, 5.74) is 4.71. The number of amides is 1. The third-order valence-electron chi connectivity index (χ3n) is 5.03. The Morgan fingerprint density at radius 3 is 2.80 bits per heavy atom. The Labute approximate surface area is 176 Å². The van der Waals surface area contributed by atoms with E-state index in [-0.39, 0.29) is 22.1 Å². The van der Waals surface area contributed by atoms with Gasteiger partial charge in [-0.3, -0.25) is 4.79 Å². The van der Waals surface area contributed by atoms with Gasteiger partial charge in [0.25, 0.3) is 5.91 Å². The molecule has 0 radical (unpaired) electrons. The number of benzene rings is 1. The number of rotatable bonds is 3. The van der Waals surface area contributed by atoms with Crippen LogP contribution in [0.4, 0.5) is 14.5 Å². The maximum absolute atomic E-state index is 15.0. The summed E-state index contributed by atoms with van der Waals surface area (Å²) in [5.74, 6) is -0.274. The Hall–Kier alpha value is -2.88. The van der Waals surface area contributed by atoms with Crippen molar-refractivity contribution in [1.82, 2.24) is 4.98 Å². The number of pyridine rings is 1. The molecule has 0 aliphatic carbocycles. The second-order valence-electron chi connectivity index (χ2n) is 7.18. The monoisotopic (exact) mass is 434 g/mol. The lowest BCUT2D eigenvalue weighted by molar-refractivity contribution is 0.102. The van der Waals surface area contributed by atoms with Gasteiger partial charge in [-0.1, -0.05) is 11.8 Å². The number of alkyl halides is 1. The number of amidine groups is 1. The first-order valence-electron chi connectivity index (χ1n) is 9.31. The van der Waals surface area contributed by atoms with Crippen LogP contribution in [0.25, 0.3) is 0 Å². The molecule has 2 aromatic rings. The number of hydrogen-bond acceptors (Lipinski definition) is 7. The Balaban J connectivity index is 1.62. The highest BCUT2D eigenvalue weighted by Crippen LogP contribution is 2.42. The van der Waals surface area contributed by atoms with Crippen molar-refractivity contribution in [3.63, 3.8) is 0 Å². The first kappa shape index (κ1) is 20.4. The molecule has 7 nitrogen and oxygen atoms in total. The van der Waals surface area contributed by atoms with Crippen LogP contribution < -0.4 is 20.5 Å². The number of nitrogens with two attached hydrogens (primary N) is 1. The van der Waals surface area contributed by atoms with Crippen molar-refractivity contribution in [1.29, 1.82) is 0 Å². The van der Waals surface area contributed by atoms with E-state index in [4.69, 9.17) is 15.2 Å². The molecular weight excluding hydrogens is 414 g/mol. The van der Waals surface area contributed by atoms with Crippen LogP contribution in [-0.2, 0) is 5.54 Å². The topological polar surface area (TPSA) is 98.8 Å². The summed E-state index contributed by atoms with van der Waals surface area (Å²) in [6.45, 7) is 3.96. The molecule has 2 aliphatic rings. The van der Waals surface area contributed by atoms with Crippen molar-refractivity contribution in [3.05, 3.63) is 47.5 Å². The SMILES string of the molecule is CC1SC(N)=NC(C)(c2cc(NC(=O)c3cc4c(cn3)OCCO4)ccc2F)C1F. The van der Waals surface area contributed by atoms with Gasteiger partial charge in [0.2, 0.25) is 0 Å². The Morgan fingerprint density at radius 2 is 2.03 bits per heavy atom. The van der Waals surface area contributed by atoms with E-state index in [1.165, 1.54) is 31.3 Å². The van der Waals surface area contributed by atoms with Gasteiger partial charge in [0.05, 0.1) is 6.20 Å². The van der Waals surface area contributed by atoms with Crippen LogP contribution in [0.2, 0.25) is 0 Å². The maximum Gasteiger partial charge on any atom is 0.274 e. The number of fused-ring (bicyclic) bond motifs is 1. The predicted octanol–water partition coefficient (Wildman–Crippen LogP) is 3.25. The maximum atomic E-state index is 15.0. The minimum absolute atomic E-state index is 0.0121. The van der Waals surface area contributed by atoms with Gasteiger partial charge in [0.1, 0.15) is 36.4 Å². The molecule has 0 saturated carbocycles. The summed E-state index contributed by atoms with van der Waals surface area (Å²) in [4.78, 5) is 20.9. The number of carbonyl (C=O) groups is 1. The number of ether oxygens (including phenoxy) is 2. The van der Waals surface area contributed by atoms with Gasteiger partial charge in [0.15, 0.2) is 16.7 Å². The lowest BCUT2D eigenvalue weighted by Crippen LogP contribution is -2.44. The molecule has 0 fully saturated rings. The molecule has 0 spiro atoms. The van der Waals surface area contributed by atoms with Crippen LogP contribution in [0.5, 0.6) is 11.5 Å². The van der Waals surface area contributed by atoms with Crippen LogP contribution >= 0.6 is 11.8 Å². The molecule has 10 heteroatoms. The minimum Gasteiger partial charge on any atom is -0.486 e. The van der Waals surface area contributed by atoms with Gasteiger partial charge in [0, 0.05) is 22.6 Å². The lowest BCUT2D eigenvalue weighted by atomic mass is 9.85. The number of hydrogen-bond donors (Lipinski definition) is 2. The van der Waals surface area contributed by atoms with Crippen molar-refractivity contribution in [2.24, 2.45) is 10.7 Å². The molecule has 3 atom stereocenters. The quantitative estimate of drug-likeness (QED) is 0.770. The van der Waals surface area contributed by atoms with E-state index >= 15 is 4.39 Å². The van der Waals surface area contributed by atoms with E-state index in [0.717, 1.165) is 17.8 Å². The number of anilines is 1. The number of nitrogens with zero attached hydrogens (tertiary/aromatic N) is 2. The summed E-state index contributed by atoms with van der Waals surface area (Å²) in [5, 5.41) is 2.35. The normalized spacial score (nSPS) is 25.4. The Kier molecular flexibility index (Phi) is 5.27. The van der Waals surface area contributed by atoms with Crippen molar-refractivity contribution in [2.45, 2.75) is 30.8 Å². The highest BCUT2D eigenvalue weighted by molar-refractivity contribution is 8.14. The number of aromatic nitrogens is 1. The Morgan fingerprint density at radius 1 is 1.30 bits per heavy atom. The fourth-order valence-corrected chi connectivity index (χ4v) is 4.50. The van der Waals surface area contributed by atoms with E-state index in [1.54, 1.807) is 6.92 Å². The van der Waals surface area contributed by atoms with E-state index in [0.29, 0.717) is 24.7 Å². The molecule has 1 amide bonds. The standard InChI is InChI=1S/C20H20F2N4O3S/c1-10-17(22)20(2,26-19(23)30-10)12-7-11(3-4-13(12)21)25-18(27)14-8-15-16(9-24-14)29-6-5-28-15/h3-4,7-10,17H,5-6H2,1-2H3,(H2,23,26)(H,25,27). The van der Waals surface area contributed by atoms with Crippen molar-refractivity contribution in [3.8, 4) is 11.5 Å². The average molecular weight is 434 g/mol. The van der Waals surface area contributed by atoms with E-state index < -0.39 is 28.7 Å². The van der Waals surface area contributed by atoms with Gasteiger partial charge in [-0.05, 0) is 32.0 Å². The number of nitrogens with one attached hydrogen (secondary N) is 1. The number of carbonyl (C=O) groups excluding carboxylic acids is 1. The molecule has 0 saturated heterocycles. The molecule has 30 heavy (non-hydrogen) atoms. The molecule has 3 heterocycles. The van der Waals surface area contributed by atoms with Crippen LogP contribution in [0.3, 0.4) is 0 Å². The van der Waals surface area contributed by atoms with Gasteiger partial charge < -0.3 is 20.5 Å². The smallest absolute Gasteiger partial charge is 0.274 e. The number of aliphatic imine (C=N–C) groups is 1. The third kappa shape index (κ3) is 3.67. The summed E-state index contributed by atoms with van der Waals surface area (Å²) >= 11 is 1.11. The Bertz CT molecular complexity index is 1040. The fraction of sp³-hybridized carbons (Fsp3) is 0.350. The summed E-state index contributed by atoms with van der Waals surface area (Å²) in [7, 11) is 0. The minimum atomic E-state index is -1.51.